The predicted molar refractivity (Wildman–Crippen MR) is 67.2 cm³/mol. The standard InChI is InChI=1S/C12H23NOSi/c1-7-8-10-9-13(11(10)14)15(5,6)12(2,3)4/h7,10H,1,8-9H2,2-6H3. The minimum absolute atomic E-state index is 0.219. The van der Waals surface area contributed by atoms with Gasteiger partial charge in [-0.2, -0.15) is 0 Å². The average Bonchev–Trinajstić information content (AvgIpc) is 2.08. The van der Waals surface area contributed by atoms with Crippen LogP contribution in [-0.2, 0) is 4.79 Å². The predicted octanol–water partition coefficient (Wildman–Crippen LogP) is 3.03. The van der Waals surface area contributed by atoms with Crippen molar-refractivity contribution in [2.75, 3.05) is 6.54 Å². The lowest BCUT2D eigenvalue weighted by atomic mass is 9.98. The van der Waals surface area contributed by atoms with E-state index in [1.54, 1.807) is 0 Å². The Morgan fingerprint density at radius 3 is 2.40 bits per heavy atom. The molecule has 0 aromatic carbocycles. The first-order valence-corrected chi connectivity index (χ1v) is 8.59. The van der Waals surface area contributed by atoms with E-state index >= 15 is 0 Å². The number of hydrogen-bond acceptors (Lipinski definition) is 1. The van der Waals surface area contributed by atoms with E-state index in [1.165, 1.54) is 0 Å². The van der Waals surface area contributed by atoms with Crippen molar-refractivity contribution in [1.82, 2.24) is 4.57 Å². The Bertz CT molecular complexity index is 278. The molecule has 1 atom stereocenters. The molecule has 1 fully saturated rings. The highest BCUT2D eigenvalue weighted by Gasteiger charge is 2.50. The van der Waals surface area contributed by atoms with Gasteiger partial charge in [-0.25, -0.2) is 0 Å². The summed E-state index contributed by atoms with van der Waals surface area (Å²) in [6, 6.07) is 0. The molecule has 1 rings (SSSR count). The van der Waals surface area contributed by atoms with Gasteiger partial charge in [0.2, 0.25) is 5.91 Å². The number of carbonyl (C=O) groups is 1. The van der Waals surface area contributed by atoms with E-state index in [1.807, 2.05) is 6.08 Å². The fraction of sp³-hybridized carbons (Fsp3) is 0.750. The molecule has 1 aliphatic heterocycles. The Labute approximate surface area is 94.4 Å². The van der Waals surface area contributed by atoms with E-state index in [-0.39, 0.29) is 11.0 Å². The van der Waals surface area contributed by atoms with Crippen molar-refractivity contribution < 1.29 is 4.79 Å². The van der Waals surface area contributed by atoms with Gasteiger partial charge in [0, 0.05) is 6.54 Å². The molecule has 15 heavy (non-hydrogen) atoms. The van der Waals surface area contributed by atoms with E-state index in [2.05, 4.69) is 45.0 Å². The van der Waals surface area contributed by atoms with Crippen LogP contribution in [0.4, 0.5) is 0 Å². The van der Waals surface area contributed by atoms with Crippen LogP contribution >= 0.6 is 0 Å². The molecule has 1 saturated heterocycles. The lowest BCUT2D eigenvalue weighted by Crippen LogP contribution is -2.67. The van der Waals surface area contributed by atoms with Crippen LogP contribution in [0.2, 0.25) is 18.1 Å². The first kappa shape index (κ1) is 12.5. The lowest BCUT2D eigenvalue weighted by Gasteiger charge is -2.53. The van der Waals surface area contributed by atoms with Crippen LogP contribution < -0.4 is 0 Å². The smallest absolute Gasteiger partial charge is 0.219 e. The molecule has 0 saturated carbocycles. The largest absolute Gasteiger partial charge is 0.368 e. The molecule has 0 bridgehead atoms. The Morgan fingerprint density at radius 2 is 2.07 bits per heavy atom. The minimum Gasteiger partial charge on any atom is -0.368 e. The third-order valence-corrected chi connectivity index (χ3v) is 9.40. The maximum Gasteiger partial charge on any atom is 0.219 e. The summed E-state index contributed by atoms with van der Waals surface area (Å²) < 4.78 is 2.14. The Morgan fingerprint density at radius 1 is 1.53 bits per heavy atom. The van der Waals surface area contributed by atoms with E-state index in [9.17, 15) is 4.79 Å². The SMILES string of the molecule is C=CCC1CN([Si](C)(C)C(C)(C)C)C1=O. The maximum atomic E-state index is 12.0. The summed E-state index contributed by atoms with van der Waals surface area (Å²) in [5, 5.41) is 0.252. The molecule has 1 unspecified atom stereocenters. The third kappa shape index (κ3) is 2.02. The molecule has 0 spiro atoms. The van der Waals surface area contributed by atoms with Crippen LogP contribution in [0, 0.1) is 5.92 Å². The van der Waals surface area contributed by atoms with Gasteiger partial charge in [0.05, 0.1) is 5.92 Å². The van der Waals surface area contributed by atoms with Gasteiger partial charge in [-0.1, -0.05) is 39.9 Å². The monoisotopic (exact) mass is 225 g/mol. The van der Waals surface area contributed by atoms with Gasteiger partial charge in [0.25, 0.3) is 0 Å². The second kappa shape index (κ2) is 3.78. The molecule has 1 aliphatic rings. The number of rotatable bonds is 3. The second-order valence-electron chi connectivity index (χ2n) is 5.98. The van der Waals surface area contributed by atoms with Gasteiger partial charge in [-0.05, 0) is 11.5 Å². The zero-order chi connectivity index (χ0) is 11.9. The van der Waals surface area contributed by atoms with E-state index in [0.29, 0.717) is 5.91 Å². The van der Waals surface area contributed by atoms with Crippen molar-refractivity contribution in [2.45, 2.75) is 45.3 Å². The van der Waals surface area contributed by atoms with Crippen LogP contribution in [0.5, 0.6) is 0 Å². The molecule has 1 amide bonds. The molecule has 2 nitrogen and oxygen atoms in total. The van der Waals surface area contributed by atoms with Crippen LogP contribution in [0.1, 0.15) is 27.2 Å². The first-order chi connectivity index (χ1) is 6.71. The van der Waals surface area contributed by atoms with Gasteiger partial charge >= 0.3 is 0 Å². The van der Waals surface area contributed by atoms with Crippen molar-refractivity contribution in [3.8, 4) is 0 Å². The molecular weight excluding hydrogens is 202 g/mol. The average molecular weight is 225 g/mol. The van der Waals surface area contributed by atoms with Gasteiger partial charge in [0.1, 0.15) is 0 Å². The molecular formula is C12H23NOSi. The summed E-state index contributed by atoms with van der Waals surface area (Å²) in [6.45, 7) is 15.9. The number of allylic oxidation sites excluding steroid dienone is 1. The Balaban J connectivity index is 2.70. The van der Waals surface area contributed by atoms with Crippen molar-refractivity contribution >= 4 is 14.1 Å². The van der Waals surface area contributed by atoms with Crippen molar-refractivity contribution in [2.24, 2.45) is 5.92 Å². The van der Waals surface area contributed by atoms with E-state index < -0.39 is 8.24 Å². The number of hydrogen-bond donors (Lipinski definition) is 0. The van der Waals surface area contributed by atoms with Crippen LogP contribution in [0.15, 0.2) is 12.7 Å². The maximum absolute atomic E-state index is 12.0. The molecule has 0 N–H and O–H groups in total. The second-order valence-corrected chi connectivity index (χ2v) is 11.1. The number of nitrogens with zero attached hydrogens (tertiary/aromatic N) is 1. The minimum atomic E-state index is -1.61. The number of amides is 1. The van der Waals surface area contributed by atoms with Gasteiger partial charge in [0.15, 0.2) is 8.24 Å². The topological polar surface area (TPSA) is 20.3 Å². The molecule has 0 aliphatic carbocycles. The van der Waals surface area contributed by atoms with Crippen LogP contribution in [0.25, 0.3) is 0 Å². The highest BCUT2D eigenvalue weighted by Crippen LogP contribution is 2.42. The summed E-state index contributed by atoms with van der Waals surface area (Å²) in [4.78, 5) is 12.0. The van der Waals surface area contributed by atoms with Gasteiger partial charge < -0.3 is 4.57 Å². The number of β-lactam (4-membered cyclic amide) rings is 1. The van der Waals surface area contributed by atoms with Gasteiger partial charge in [-0.3, -0.25) is 4.79 Å². The summed E-state index contributed by atoms with van der Waals surface area (Å²) in [5.74, 6) is 0.568. The van der Waals surface area contributed by atoms with Crippen LogP contribution in [-0.4, -0.2) is 25.3 Å². The van der Waals surface area contributed by atoms with Crippen LogP contribution in [0.3, 0.4) is 0 Å². The summed E-state index contributed by atoms with van der Waals surface area (Å²) in [5.41, 5.74) is 0. The molecule has 3 heteroatoms. The summed E-state index contributed by atoms with van der Waals surface area (Å²) in [6.07, 6.45) is 2.69. The molecule has 0 aromatic heterocycles. The first-order valence-electron chi connectivity index (χ1n) is 5.64. The highest BCUT2D eigenvalue weighted by molar-refractivity contribution is 6.79. The molecule has 0 aromatic rings. The van der Waals surface area contributed by atoms with Crippen molar-refractivity contribution in [3.63, 3.8) is 0 Å². The molecule has 0 radical (unpaired) electrons. The fourth-order valence-corrected chi connectivity index (χ4v) is 4.00. The Hall–Kier alpha value is -0.573. The highest BCUT2D eigenvalue weighted by atomic mass is 28.3. The van der Waals surface area contributed by atoms with E-state index in [4.69, 9.17) is 0 Å². The quantitative estimate of drug-likeness (QED) is 0.411. The van der Waals surface area contributed by atoms with Gasteiger partial charge in [-0.15, -0.1) is 6.58 Å². The fourth-order valence-electron chi connectivity index (χ4n) is 1.78. The lowest BCUT2D eigenvalue weighted by molar-refractivity contribution is -0.141. The summed E-state index contributed by atoms with van der Waals surface area (Å²) in [7, 11) is -1.61. The molecule has 1 heterocycles. The Kier molecular flexibility index (Phi) is 3.15. The van der Waals surface area contributed by atoms with Crippen molar-refractivity contribution in [3.05, 3.63) is 12.7 Å². The normalized spacial score (nSPS) is 22.6. The zero-order valence-electron chi connectivity index (χ0n) is 10.6. The molecule has 86 valence electrons. The third-order valence-electron chi connectivity index (χ3n) is 3.98. The number of carbonyl (C=O) groups excluding carboxylic acids is 1. The zero-order valence-corrected chi connectivity index (χ0v) is 11.6. The summed E-state index contributed by atoms with van der Waals surface area (Å²) >= 11 is 0. The van der Waals surface area contributed by atoms with Crippen molar-refractivity contribution in [1.29, 1.82) is 0 Å². The van der Waals surface area contributed by atoms with E-state index in [0.717, 1.165) is 13.0 Å².